The van der Waals surface area contributed by atoms with Crippen LogP contribution >= 0.6 is 0 Å². The van der Waals surface area contributed by atoms with E-state index in [4.69, 9.17) is 5.73 Å². The smallest absolute Gasteiger partial charge is 0.0438 e. The molecule has 0 fully saturated rings. The van der Waals surface area contributed by atoms with Crippen molar-refractivity contribution in [3.8, 4) is 0 Å². The zero-order valence-corrected chi connectivity index (χ0v) is 10.7. The van der Waals surface area contributed by atoms with Gasteiger partial charge < -0.3 is 10.6 Å². The molecule has 0 aromatic rings. The Kier molecular flexibility index (Phi) is 4.35. The van der Waals surface area contributed by atoms with E-state index in [0.717, 1.165) is 6.42 Å². The molecule has 1 rings (SSSR count). The highest BCUT2D eigenvalue weighted by atomic mass is 15.2. The first-order valence-corrected chi connectivity index (χ1v) is 6.14. The predicted octanol–water partition coefficient (Wildman–Crippen LogP) is 2.54. The summed E-state index contributed by atoms with van der Waals surface area (Å²) >= 11 is 0. The lowest BCUT2D eigenvalue weighted by molar-refractivity contribution is 0.143. The molecule has 0 heterocycles. The van der Waals surface area contributed by atoms with Crippen molar-refractivity contribution in [2.45, 2.75) is 57.5 Å². The van der Waals surface area contributed by atoms with Gasteiger partial charge in [-0.05, 0) is 53.1 Å². The molecule has 0 radical (unpaired) electrons. The van der Waals surface area contributed by atoms with Crippen molar-refractivity contribution in [1.82, 2.24) is 4.90 Å². The van der Waals surface area contributed by atoms with Crippen LogP contribution in [0.3, 0.4) is 0 Å². The number of hydrogen-bond donors (Lipinski definition) is 1. The predicted molar refractivity (Wildman–Crippen MR) is 66.9 cm³/mol. The van der Waals surface area contributed by atoms with Gasteiger partial charge in [-0.3, -0.25) is 0 Å². The molecule has 2 N–H and O–H groups in total. The van der Waals surface area contributed by atoms with Crippen molar-refractivity contribution < 1.29 is 0 Å². The van der Waals surface area contributed by atoms with Crippen LogP contribution in [0.25, 0.3) is 0 Å². The number of likely N-dealkylation sites (N-methyl/N-ethyl adjacent to an activating group) is 1. The van der Waals surface area contributed by atoms with Gasteiger partial charge in [0.2, 0.25) is 0 Å². The molecule has 88 valence electrons. The van der Waals surface area contributed by atoms with Crippen molar-refractivity contribution in [1.29, 1.82) is 0 Å². The highest BCUT2D eigenvalue weighted by Crippen LogP contribution is 2.29. The molecule has 1 aliphatic carbocycles. The van der Waals surface area contributed by atoms with E-state index in [0.29, 0.717) is 0 Å². The largest absolute Gasteiger partial charge is 0.323 e. The summed E-state index contributed by atoms with van der Waals surface area (Å²) in [5, 5.41) is 0. The third kappa shape index (κ3) is 2.61. The second kappa shape index (κ2) is 5.13. The maximum atomic E-state index is 6.43. The van der Waals surface area contributed by atoms with Crippen LogP contribution in [-0.2, 0) is 0 Å². The number of rotatable bonds is 4. The molecule has 2 heteroatoms. The highest BCUT2D eigenvalue weighted by Gasteiger charge is 2.34. The SMILES string of the molecule is CCC(C)(C(N)C1=CCCCC1)N(C)C. The first-order chi connectivity index (χ1) is 7.02. The van der Waals surface area contributed by atoms with Crippen LogP contribution in [0, 0.1) is 0 Å². The lowest BCUT2D eigenvalue weighted by atomic mass is 9.80. The van der Waals surface area contributed by atoms with E-state index >= 15 is 0 Å². The van der Waals surface area contributed by atoms with Crippen LogP contribution in [0.2, 0.25) is 0 Å². The van der Waals surface area contributed by atoms with Gasteiger partial charge in [0.15, 0.2) is 0 Å². The third-order valence-corrected chi connectivity index (χ3v) is 4.13. The maximum Gasteiger partial charge on any atom is 0.0438 e. The maximum absolute atomic E-state index is 6.43. The van der Waals surface area contributed by atoms with Crippen LogP contribution in [0.15, 0.2) is 11.6 Å². The van der Waals surface area contributed by atoms with E-state index in [9.17, 15) is 0 Å². The summed E-state index contributed by atoms with van der Waals surface area (Å²) in [6.45, 7) is 4.50. The molecule has 0 aromatic heterocycles. The summed E-state index contributed by atoms with van der Waals surface area (Å²) in [5.74, 6) is 0. The van der Waals surface area contributed by atoms with Gasteiger partial charge in [-0.2, -0.15) is 0 Å². The fourth-order valence-corrected chi connectivity index (χ4v) is 2.36. The van der Waals surface area contributed by atoms with Gasteiger partial charge in [0.05, 0.1) is 0 Å². The van der Waals surface area contributed by atoms with Crippen LogP contribution in [0.4, 0.5) is 0 Å². The minimum absolute atomic E-state index is 0.100. The summed E-state index contributed by atoms with van der Waals surface area (Å²) < 4.78 is 0. The average molecular weight is 210 g/mol. The van der Waals surface area contributed by atoms with Crippen molar-refractivity contribution >= 4 is 0 Å². The van der Waals surface area contributed by atoms with Crippen LogP contribution < -0.4 is 5.73 Å². The Morgan fingerprint density at radius 1 is 1.47 bits per heavy atom. The van der Waals surface area contributed by atoms with Crippen LogP contribution in [0.1, 0.15) is 46.0 Å². The summed E-state index contributed by atoms with van der Waals surface area (Å²) in [6, 6.07) is 0.192. The topological polar surface area (TPSA) is 29.3 Å². The minimum Gasteiger partial charge on any atom is -0.323 e. The van der Waals surface area contributed by atoms with Crippen molar-refractivity contribution in [3.63, 3.8) is 0 Å². The molecule has 0 aliphatic heterocycles. The van der Waals surface area contributed by atoms with Gasteiger partial charge in [-0.1, -0.05) is 18.6 Å². The zero-order chi connectivity index (χ0) is 11.5. The number of nitrogens with zero attached hydrogens (tertiary/aromatic N) is 1. The Morgan fingerprint density at radius 3 is 2.53 bits per heavy atom. The van der Waals surface area contributed by atoms with Gasteiger partial charge in [-0.25, -0.2) is 0 Å². The molecule has 0 amide bonds. The molecular formula is C13H26N2. The Hall–Kier alpha value is -0.340. The van der Waals surface area contributed by atoms with Gasteiger partial charge >= 0.3 is 0 Å². The quantitative estimate of drug-likeness (QED) is 0.723. The fraction of sp³-hybridized carbons (Fsp3) is 0.846. The highest BCUT2D eigenvalue weighted by molar-refractivity contribution is 5.19. The summed E-state index contributed by atoms with van der Waals surface area (Å²) in [4.78, 5) is 2.27. The Morgan fingerprint density at radius 2 is 2.13 bits per heavy atom. The van der Waals surface area contributed by atoms with E-state index in [-0.39, 0.29) is 11.6 Å². The molecule has 0 aromatic carbocycles. The van der Waals surface area contributed by atoms with Crippen molar-refractivity contribution in [3.05, 3.63) is 11.6 Å². The van der Waals surface area contributed by atoms with E-state index in [1.807, 2.05) is 0 Å². The standard InChI is InChI=1S/C13H26N2/c1-5-13(2,15(3)4)12(14)11-9-7-6-8-10-11/h9,12H,5-8,10,14H2,1-4H3. The van der Waals surface area contributed by atoms with Gasteiger partial charge in [0, 0.05) is 11.6 Å². The molecule has 2 unspecified atom stereocenters. The number of nitrogens with two attached hydrogens (primary N) is 1. The molecular weight excluding hydrogens is 184 g/mol. The van der Waals surface area contributed by atoms with E-state index < -0.39 is 0 Å². The second-order valence-corrected chi connectivity index (χ2v) is 5.11. The lowest BCUT2D eigenvalue weighted by Crippen LogP contribution is -2.55. The van der Waals surface area contributed by atoms with Crippen LogP contribution in [0.5, 0.6) is 0 Å². The van der Waals surface area contributed by atoms with Gasteiger partial charge in [-0.15, -0.1) is 0 Å². The normalized spacial score (nSPS) is 23.5. The molecule has 2 nitrogen and oxygen atoms in total. The molecule has 2 atom stereocenters. The van der Waals surface area contributed by atoms with Crippen LogP contribution in [-0.4, -0.2) is 30.6 Å². The molecule has 0 saturated carbocycles. The zero-order valence-electron chi connectivity index (χ0n) is 10.7. The molecule has 1 aliphatic rings. The third-order valence-electron chi connectivity index (χ3n) is 4.13. The Bertz CT molecular complexity index is 233. The summed E-state index contributed by atoms with van der Waals surface area (Å²) in [7, 11) is 4.26. The van der Waals surface area contributed by atoms with Crippen molar-refractivity contribution in [2.75, 3.05) is 14.1 Å². The second-order valence-electron chi connectivity index (χ2n) is 5.11. The first kappa shape index (κ1) is 12.7. The molecule has 0 spiro atoms. The summed E-state index contributed by atoms with van der Waals surface area (Å²) in [6.07, 6.45) is 8.53. The number of allylic oxidation sites excluding steroid dienone is 1. The Balaban J connectivity index is 2.80. The van der Waals surface area contributed by atoms with Gasteiger partial charge in [0.1, 0.15) is 0 Å². The van der Waals surface area contributed by atoms with E-state index in [2.05, 4.69) is 38.9 Å². The molecule has 15 heavy (non-hydrogen) atoms. The monoisotopic (exact) mass is 210 g/mol. The fourth-order valence-electron chi connectivity index (χ4n) is 2.36. The first-order valence-electron chi connectivity index (χ1n) is 6.14. The number of hydrogen-bond acceptors (Lipinski definition) is 2. The van der Waals surface area contributed by atoms with E-state index in [1.54, 1.807) is 0 Å². The van der Waals surface area contributed by atoms with Crippen molar-refractivity contribution in [2.24, 2.45) is 5.73 Å². The average Bonchev–Trinajstić information content (AvgIpc) is 2.28. The summed E-state index contributed by atoms with van der Waals surface area (Å²) in [5.41, 5.74) is 8.00. The minimum atomic E-state index is 0.100. The molecule has 0 bridgehead atoms. The Labute approximate surface area is 94.5 Å². The van der Waals surface area contributed by atoms with E-state index in [1.165, 1.54) is 31.3 Å². The lowest BCUT2D eigenvalue weighted by Gasteiger charge is -2.42. The van der Waals surface area contributed by atoms with Gasteiger partial charge in [0.25, 0.3) is 0 Å². The molecule has 0 saturated heterocycles.